The Balaban J connectivity index is 2.27. The van der Waals surface area contributed by atoms with Crippen LogP contribution in [-0.2, 0) is 13.0 Å². The molecule has 2 heterocycles. The van der Waals surface area contributed by atoms with Gasteiger partial charge in [0.05, 0.1) is 28.8 Å². The highest BCUT2D eigenvalue weighted by Gasteiger charge is 2.20. The molecular weight excluding hydrogens is 275 g/mol. The van der Waals surface area contributed by atoms with E-state index in [4.69, 9.17) is 27.6 Å². The zero-order chi connectivity index (χ0) is 13.3. The number of hydrogen-bond acceptors (Lipinski definition) is 3. The molecule has 0 bridgehead atoms. The van der Waals surface area contributed by atoms with Gasteiger partial charge in [-0.05, 0) is 31.5 Å². The van der Waals surface area contributed by atoms with Crippen LogP contribution >= 0.6 is 23.2 Å². The summed E-state index contributed by atoms with van der Waals surface area (Å²) in [6.45, 7) is 4.52. The number of furan rings is 1. The Morgan fingerprint density at radius 1 is 1.50 bits per heavy atom. The van der Waals surface area contributed by atoms with Gasteiger partial charge in [0.15, 0.2) is 5.22 Å². The lowest BCUT2D eigenvalue weighted by atomic mass is 10.1. The van der Waals surface area contributed by atoms with Gasteiger partial charge in [-0.2, -0.15) is 5.10 Å². The maximum Gasteiger partial charge on any atom is 0.198 e. The van der Waals surface area contributed by atoms with Gasteiger partial charge in [-0.25, -0.2) is 0 Å². The molecule has 0 aliphatic rings. The van der Waals surface area contributed by atoms with Crippen LogP contribution < -0.4 is 0 Å². The molecule has 2 rings (SSSR count). The van der Waals surface area contributed by atoms with E-state index >= 15 is 0 Å². The number of aromatic nitrogens is 2. The van der Waals surface area contributed by atoms with Crippen LogP contribution in [0.25, 0.3) is 0 Å². The van der Waals surface area contributed by atoms with Crippen LogP contribution in [0.2, 0.25) is 10.2 Å². The molecule has 0 spiro atoms. The first-order valence-corrected chi connectivity index (χ1v) is 6.42. The summed E-state index contributed by atoms with van der Waals surface area (Å²) in [4.78, 5) is 0. The number of aliphatic hydroxyl groups excluding tert-OH is 1. The predicted octanol–water partition coefficient (Wildman–Crippen LogP) is 3.39. The molecule has 1 atom stereocenters. The largest absolute Gasteiger partial charge is 0.453 e. The van der Waals surface area contributed by atoms with Crippen molar-refractivity contribution in [2.45, 2.75) is 32.9 Å². The van der Waals surface area contributed by atoms with Gasteiger partial charge in [0.2, 0.25) is 0 Å². The first-order valence-electron chi connectivity index (χ1n) is 5.67. The van der Waals surface area contributed by atoms with E-state index in [-0.39, 0.29) is 5.22 Å². The lowest BCUT2D eigenvalue weighted by molar-refractivity contribution is 0.174. The highest BCUT2D eigenvalue weighted by atomic mass is 35.5. The normalized spacial score (nSPS) is 12.9. The summed E-state index contributed by atoms with van der Waals surface area (Å²) in [5.74, 6) is 0. The molecule has 0 fully saturated rings. The molecule has 0 aliphatic carbocycles. The van der Waals surface area contributed by atoms with Crippen molar-refractivity contribution in [3.63, 3.8) is 0 Å². The molecule has 0 aliphatic heterocycles. The number of aliphatic hydroxyl groups is 1. The van der Waals surface area contributed by atoms with E-state index in [2.05, 4.69) is 5.10 Å². The van der Waals surface area contributed by atoms with Gasteiger partial charge in [0.25, 0.3) is 0 Å². The molecule has 0 aromatic carbocycles. The van der Waals surface area contributed by atoms with Gasteiger partial charge in [0, 0.05) is 18.5 Å². The first kappa shape index (κ1) is 13.5. The van der Waals surface area contributed by atoms with Gasteiger partial charge in [-0.15, -0.1) is 0 Å². The topological polar surface area (TPSA) is 51.2 Å². The predicted molar refractivity (Wildman–Crippen MR) is 70.0 cm³/mol. The van der Waals surface area contributed by atoms with Crippen molar-refractivity contribution in [3.8, 4) is 0 Å². The third-order valence-corrected chi connectivity index (χ3v) is 3.64. The molecule has 2 aromatic heterocycles. The molecule has 1 N–H and O–H groups in total. The molecule has 0 radical (unpaired) electrons. The molecule has 98 valence electrons. The summed E-state index contributed by atoms with van der Waals surface area (Å²) in [6, 6.07) is 1.65. The lowest BCUT2D eigenvalue weighted by Crippen LogP contribution is -2.08. The van der Waals surface area contributed by atoms with E-state index in [0.29, 0.717) is 23.6 Å². The summed E-state index contributed by atoms with van der Waals surface area (Å²) < 4.78 is 6.75. The summed E-state index contributed by atoms with van der Waals surface area (Å²) in [7, 11) is 0. The van der Waals surface area contributed by atoms with E-state index in [1.165, 1.54) is 6.26 Å². The van der Waals surface area contributed by atoms with Crippen LogP contribution in [0.1, 0.15) is 30.0 Å². The fourth-order valence-electron chi connectivity index (χ4n) is 1.90. The van der Waals surface area contributed by atoms with E-state index in [9.17, 15) is 5.11 Å². The van der Waals surface area contributed by atoms with Crippen molar-refractivity contribution in [1.82, 2.24) is 9.78 Å². The molecular formula is C12H14Cl2N2O2. The lowest BCUT2D eigenvalue weighted by Gasteiger charge is -2.11. The number of aryl methyl sites for hydroxylation is 2. The van der Waals surface area contributed by atoms with Crippen molar-refractivity contribution in [1.29, 1.82) is 0 Å². The maximum absolute atomic E-state index is 10.2. The Hall–Kier alpha value is -0.970. The molecule has 2 aromatic rings. The Morgan fingerprint density at radius 3 is 2.78 bits per heavy atom. The summed E-state index contributed by atoms with van der Waals surface area (Å²) in [5.41, 5.74) is 2.13. The van der Waals surface area contributed by atoms with Crippen LogP contribution in [-0.4, -0.2) is 14.9 Å². The third kappa shape index (κ3) is 2.41. The van der Waals surface area contributed by atoms with Crippen LogP contribution in [0.4, 0.5) is 0 Å². The van der Waals surface area contributed by atoms with Crippen molar-refractivity contribution >= 4 is 23.2 Å². The standard InChI is InChI=1S/C12H14Cl2N2O2/c1-3-16-9(11(13)7(2)15-16)6-10(17)8-4-5-18-12(8)14/h4-5,10,17H,3,6H2,1-2H3. The zero-order valence-electron chi connectivity index (χ0n) is 10.2. The van der Waals surface area contributed by atoms with Crippen molar-refractivity contribution in [2.75, 3.05) is 0 Å². The number of halogens is 2. The Bertz CT molecular complexity index is 548. The van der Waals surface area contributed by atoms with Crippen LogP contribution in [0, 0.1) is 6.92 Å². The second kappa shape index (κ2) is 5.34. The van der Waals surface area contributed by atoms with Gasteiger partial charge >= 0.3 is 0 Å². The van der Waals surface area contributed by atoms with E-state index < -0.39 is 6.10 Å². The summed E-state index contributed by atoms with van der Waals surface area (Å²) in [5, 5.41) is 15.3. The smallest absolute Gasteiger partial charge is 0.198 e. The molecule has 0 saturated carbocycles. The Labute approximate surface area is 115 Å². The summed E-state index contributed by atoms with van der Waals surface area (Å²) >= 11 is 12.0. The number of hydrogen-bond donors (Lipinski definition) is 1. The van der Waals surface area contributed by atoms with Gasteiger partial charge in [-0.1, -0.05) is 11.6 Å². The van der Waals surface area contributed by atoms with Crippen molar-refractivity contribution in [3.05, 3.63) is 39.5 Å². The highest BCUT2D eigenvalue weighted by Crippen LogP contribution is 2.29. The average Bonchev–Trinajstić information content (AvgIpc) is 2.87. The monoisotopic (exact) mass is 288 g/mol. The fraction of sp³-hybridized carbons (Fsp3) is 0.417. The van der Waals surface area contributed by atoms with Crippen molar-refractivity contribution < 1.29 is 9.52 Å². The van der Waals surface area contributed by atoms with Crippen LogP contribution in [0.3, 0.4) is 0 Å². The quantitative estimate of drug-likeness (QED) is 0.938. The minimum absolute atomic E-state index is 0.206. The zero-order valence-corrected chi connectivity index (χ0v) is 11.7. The molecule has 0 saturated heterocycles. The molecule has 0 amide bonds. The van der Waals surface area contributed by atoms with E-state index in [1.54, 1.807) is 10.7 Å². The number of nitrogens with zero attached hydrogens (tertiary/aromatic N) is 2. The first-order chi connectivity index (χ1) is 8.54. The van der Waals surface area contributed by atoms with Crippen LogP contribution in [0.5, 0.6) is 0 Å². The second-order valence-corrected chi connectivity index (χ2v) is 4.75. The maximum atomic E-state index is 10.2. The van der Waals surface area contributed by atoms with Gasteiger partial charge in [0.1, 0.15) is 0 Å². The molecule has 1 unspecified atom stereocenters. The van der Waals surface area contributed by atoms with Gasteiger partial charge in [-0.3, -0.25) is 4.68 Å². The average molecular weight is 289 g/mol. The fourth-order valence-corrected chi connectivity index (χ4v) is 2.35. The number of rotatable bonds is 4. The third-order valence-electron chi connectivity index (χ3n) is 2.84. The minimum Gasteiger partial charge on any atom is -0.453 e. The highest BCUT2D eigenvalue weighted by molar-refractivity contribution is 6.32. The summed E-state index contributed by atoms with van der Waals surface area (Å²) in [6.07, 6.45) is 1.05. The van der Waals surface area contributed by atoms with E-state index in [0.717, 1.165) is 11.4 Å². The Kier molecular flexibility index (Phi) is 4.00. The molecule has 18 heavy (non-hydrogen) atoms. The second-order valence-electron chi connectivity index (χ2n) is 4.03. The molecule has 6 heteroatoms. The van der Waals surface area contributed by atoms with Crippen LogP contribution in [0.15, 0.2) is 16.7 Å². The van der Waals surface area contributed by atoms with Gasteiger partial charge < -0.3 is 9.52 Å². The Morgan fingerprint density at radius 2 is 2.22 bits per heavy atom. The molecule has 4 nitrogen and oxygen atoms in total. The van der Waals surface area contributed by atoms with E-state index in [1.807, 2.05) is 13.8 Å². The minimum atomic E-state index is -0.754. The van der Waals surface area contributed by atoms with Crippen molar-refractivity contribution in [2.24, 2.45) is 0 Å². The SMILES string of the molecule is CCn1nc(C)c(Cl)c1CC(O)c1ccoc1Cl.